The number of alkyl carbamates (subject to hydrolysis) is 1. The molecule has 0 radical (unpaired) electrons. The van der Waals surface area contributed by atoms with Crippen LogP contribution >= 0.6 is 0 Å². The number of carbonyl (C=O) groups excluding carboxylic acids is 2. The molecule has 0 aromatic heterocycles. The molecule has 34 heavy (non-hydrogen) atoms. The van der Waals surface area contributed by atoms with Crippen molar-refractivity contribution in [2.24, 2.45) is 5.92 Å². The van der Waals surface area contributed by atoms with E-state index in [9.17, 15) is 19.5 Å². The first-order chi connectivity index (χ1) is 16.5. The summed E-state index contributed by atoms with van der Waals surface area (Å²) in [6.45, 7) is 2.14. The van der Waals surface area contributed by atoms with Crippen LogP contribution in [0.5, 0.6) is 0 Å². The van der Waals surface area contributed by atoms with Gasteiger partial charge >= 0.3 is 12.1 Å². The predicted molar refractivity (Wildman–Crippen MR) is 126 cm³/mol. The largest absolute Gasteiger partial charge is 0.481 e. The topological polar surface area (TPSA) is 95.9 Å². The van der Waals surface area contributed by atoms with Crippen molar-refractivity contribution in [3.8, 4) is 11.1 Å². The number of carbonyl (C=O) groups is 3. The minimum Gasteiger partial charge on any atom is -0.481 e. The Morgan fingerprint density at radius 1 is 1.06 bits per heavy atom. The van der Waals surface area contributed by atoms with Gasteiger partial charge in [-0.3, -0.25) is 9.59 Å². The lowest BCUT2D eigenvalue weighted by Crippen LogP contribution is -2.51. The Bertz CT molecular complexity index is 1070. The van der Waals surface area contributed by atoms with Crippen LogP contribution < -0.4 is 5.32 Å². The maximum Gasteiger partial charge on any atom is 0.407 e. The number of carboxylic acids is 1. The van der Waals surface area contributed by atoms with Crippen LogP contribution in [0, 0.1) is 5.92 Å². The lowest BCUT2D eigenvalue weighted by Gasteiger charge is -2.28. The molecule has 4 atom stereocenters. The SMILES string of the molecule is CCCC(NC(=O)OCC1c2ccccc2-c2ccccc21)C(=O)N1C2CCC1C(C(=O)O)C2. The van der Waals surface area contributed by atoms with E-state index < -0.39 is 24.0 Å². The monoisotopic (exact) mass is 462 g/mol. The number of aliphatic carboxylic acids is 1. The van der Waals surface area contributed by atoms with Crippen LogP contribution in [0.3, 0.4) is 0 Å². The summed E-state index contributed by atoms with van der Waals surface area (Å²) in [7, 11) is 0. The number of hydrogen-bond acceptors (Lipinski definition) is 4. The summed E-state index contributed by atoms with van der Waals surface area (Å²) >= 11 is 0. The van der Waals surface area contributed by atoms with E-state index in [2.05, 4.69) is 29.6 Å². The lowest BCUT2D eigenvalue weighted by molar-refractivity contribution is -0.143. The van der Waals surface area contributed by atoms with Gasteiger partial charge in [-0.25, -0.2) is 4.79 Å². The van der Waals surface area contributed by atoms with Crippen molar-refractivity contribution in [3.05, 3.63) is 59.7 Å². The molecule has 2 heterocycles. The van der Waals surface area contributed by atoms with Crippen molar-refractivity contribution >= 4 is 18.0 Å². The van der Waals surface area contributed by atoms with Crippen molar-refractivity contribution in [1.29, 1.82) is 0 Å². The van der Waals surface area contributed by atoms with Crippen LogP contribution in [0.1, 0.15) is 56.1 Å². The number of nitrogens with zero attached hydrogens (tertiary/aromatic N) is 1. The van der Waals surface area contributed by atoms with Gasteiger partial charge in [0.05, 0.1) is 5.92 Å². The molecule has 178 valence electrons. The van der Waals surface area contributed by atoms with Crippen LogP contribution in [0.15, 0.2) is 48.5 Å². The molecule has 2 bridgehead atoms. The molecule has 3 aliphatic rings. The van der Waals surface area contributed by atoms with Gasteiger partial charge in [-0.05, 0) is 47.9 Å². The predicted octanol–water partition coefficient (Wildman–Crippen LogP) is 4.16. The Morgan fingerprint density at radius 2 is 1.71 bits per heavy atom. The quantitative estimate of drug-likeness (QED) is 0.644. The van der Waals surface area contributed by atoms with E-state index >= 15 is 0 Å². The highest BCUT2D eigenvalue weighted by atomic mass is 16.5. The molecule has 0 saturated carbocycles. The Balaban J connectivity index is 1.26. The number of carboxylic acid groups (broad SMARTS) is 1. The molecular weight excluding hydrogens is 432 g/mol. The second-order valence-electron chi connectivity index (χ2n) is 9.54. The van der Waals surface area contributed by atoms with E-state index in [1.807, 2.05) is 31.2 Å². The lowest BCUT2D eigenvalue weighted by atomic mass is 9.89. The second kappa shape index (κ2) is 9.12. The molecule has 2 aromatic rings. The van der Waals surface area contributed by atoms with Gasteiger partial charge in [0.25, 0.3) is 0 Å². The summed E-state index contributed by atoms with van der Waals surface area (Å²) in [4.78, 5) is 39.4. The molecule has 2 amide bonds. The van der Waals surface area contributed by atoms with Crippen molar-refractivity contribution in [2.45, 2.75) is 63.1 Å². The Labute approximate surface area is 199 Å². The fourth-order valence-corrected chi connectivity index (χ4v) is 6.11. The molecule has 0 spiro atoms. The molecule has 2 aliphatic heterocycles. The number of rotatable bonds is 7. The maximum atomic E-state index is 13.4. The third-order valence-corrected chi connectivity index (χ3v) is 7.62. The number of fused-ring (bicyclic) bond motifs is 5. The smallest absolute Gasteiger partial charge is 0.407 e. The van der Waals surface area contributed by atoms with Crippen LogP contribution in [0.4, 0.5) is 4.79 Å². The van der Waals surface area contributed by atoms with Gasteiger partial charge in [-0.1, -0.05) is 61.9 Å². The highest BCUT2D eigenvalue weighted by Gasteiger charge is 2.52. The van der Waals surface area contributed by atoms with E-state index in [1.165, 1.54) is 0 Å². The number of amides is 2. The zero-order valence-corrected chi connectivity index (χ0v) is 19.3. The van der Waals surface area contributed by atoms with Crippen molar-refractivity contribution < 1.29 is 24.2 Å². The molecule has 2 saturated heterocycles. The molecule has 7 nitrogen and oxygen atoms in total. The average Bonchev–Trinajstić information content (AvgIpc) is 3.52. The zero-order chi connectivity index (χ0) is 23.8. The Morgan fingerprint density at radius 3 is 2.29 bits per heavy atom. The number of hydrogen-bond donors (Lipinski definition) is 2. The summed E-state index contributed by atoms with van der Waals surface area (Å²) in [6.07, 6.45) is 2.61. The first-order valence-electron chi connectivity index (χ1n) is 12.2. The summed E-state index contributed by atoms with van der Waals surface area (Å²) in [6, 6.07) is 15.2. The van der Waals surface area contributed by atoms with Crippen molar-refractivity contribution in [2.75, 3.05) is 6.61 Å². The molecule has 2 aromatic carbocycles. The molecule has 5 rings (SSSR count). The molecular formula is C27H30N2O5. The fourth-order valence-electron chi connectivity index (χ4n) is 6.11. The first-order valence-corrected chi connectivity index (χ1v) is 12.2. The third kappa shape index (κ3) is 3.83. The van der Waals surface area contributed by atoms with Crippen LogP contribution in [0.2, 0.25) is 0 Å². The number of benzene rings is 2. The minimum absolute atomic E-state index is 0.0516. The summed E-state index contributed by atoms with van der Waals surface area (Å²) in [5.74, 6) is -1.60. The van der Waals surface area contributed by atoms with Crippen LogP contribution in [0.25, 0.3) is 11.1 Å². The molecule has 4 unspecified atom stereocenters. The summed E-state index contributed by atoms with van der Waals surface area (Å²) < 4.78 is 5.64. The highest BCUT2D eigenvalue weighted by molar-refractivity contribution is 5.88. The molecule has 1 aliphatic carbocycles. The van der Waals surface area contributed by atoms with Gasteiger partial charge in [0, 0.05) is 18.0 Å². The minimum atomic E-state index is -0.846. The zero-order valence-electron chi connectivity index (χ0n) is 19.3. The Kier molecular flexibility index (Phi) is 6.02. The van der Waals surface area contributed by atoms with Gasteiger partial charge in [-0.15, -0.1) is 0 Å². The van der Waals surface area contributed by atoms with Crippen molar-refractivity contribution in [3.63, 3.8) is 0 Å². The van der Waals surface area contributed by atoms with Gasteiger partial charge in [0.15, 0.2) is 0 Å². The average molecular weight is 463 g/mol. The van der Waals surface area contributed by atoms with Crippen molar-refractivity contribution in [1.82, 2.24) is 10.2 Å². The van der Waals surface area contributed by atoms with E-state index in [4.69, 9.17) is 4.74 Å². The maximum absolute atomic E-state index is 13.4. The van der Waals surface area contributed by atoms with E-state index in [1.54, 1.807) is 4.90 Å². The van der Waals surface area contributed by atoms with Gasteiger partial charge in [0.2, 0.25) is 5.91 Å². The third-order valence-electron chi connectivity index (χ3n) is 7.62. The summed E-state index contributed by atoms with van der Waals surface area (Å²) in [5, 5.41) is 12.3. The molecule has 2 fully saturated rings. The van der Waals surface area contributed by atoms with Gasteiger partial charge < -0.3 is 20.1 Å². The number of nitrogens with one attached hydrogen (secondary N) is 1. The van der Waals surface area contributed by atoms with E-state index in [-0.39, 0.29) is 30.5 Å². The second-order valence-corrected chi connectivity index (χ2v) is 9.54. The molecule has 2 N–H and O–H groups in total. The van der Waals surface area contributed by atoms with E-state index in [0.29, 0.717) is 25.7 Å². The highest BCUT2D eigenvalue weighted by Crippen LogP contribution is 2.45. The fraction of sp³-hybridized carbons (Fsp3) is 0.444. The first kappa shape index (κ1) is 22.4. The number of ether oxygens (including phenoxy) is 1. The van der Waals surface area contributed by atoms with Crippen LogP contribution in [-0.2, 0) is 14.3 Å². The normalized spacial score (nSPS) is 23.3. The van der Waals surface area contributed by atoms with Crippen LogP contribution in [-0.4, -0.2) is 52.7 Å². The van der Waals surface area contributed by atoms with Gasteiger partial charge in [-0.2, -0.15) is 0 Å². The summed E-state index contributed by atoms with van der Waals surface area (Å²) in [5.41, 5.74) is 4.57. The Hall–Kier alpha value is -3.35. The standard InChI is InChI=1S/C27H30N2O5/c1-2-7-23(25(30)29-16-12-13-24(29)21(14-16)26(31)32)28-27(33)34-15-22-19-10-5-3-8-17(19)18-9-4-6-11-20(18)22/h3-6,8-11,16,21-24H,2,7,12-15H2,1H3,(H,28,33)(H,31,32). The van der Waals surface area contributed by atoms with E-state index in [0.717, 1.165) is 28.7 Å². The molecule has 7 heteroatoms. The van der Waals surface area contributed by atoms with Gasteiger partial charge in [0.1, 0.15) is 12.6 Å².